The van der Waals surface area contributed by atoms with Gasteiger partial charge in [0.05, 0.1) is 5.02 Å². The first kappa shape index (κ1) is 16.6. The van der Waals surface area contributed by atoms with Gasteiger partial charge in [-0.3, -0.25) is 4.79 Å². The highest BCUT2D eigenvalue weighted by Gasteiger charge is 2.14. The van der Waals surface area contributed by atoms with Crippen molar-refractivity contribution in [2.24, 2.45) is 5.92 Å². The summed E-state index contributed by atoms with van der Waals surface area (Å²) in [6.45, 7) is 4.73. The summed E-state index contributed by atoms with van der Waals surface area (Å²) in [5.74, 6) is 5.70. The fraction of sp³-hybridized carbons (Fsp3) is 0.438. The van der Waals surface area contributed by atoms with E-state index in [1.54, 1.807) is 30.1 Å². The standard InChI is InChI=1S/C16H20ClNO2/c1-4-12(2)11-18(3)16(20)14-8-7-13(6-5-9-19)15(17)10-14/h7-8,10,12,19H,4,9,11H2,1-3H3. The number of nitrogens with zero attached hydrogens (tertiary/aromatic N) is 1. The maximum atomic E-state index is 12.3. The molecule has 0 spiro atoms. The first-order chi connectivity index (χ1) is 9.49. The molecule has 1 aromatic rings. The molecule has 1 rings (SSSR count). The fourth-order valence-electron chi connectivity index (χ4n) is 1.78. The van der Waals surface area contributed by atoms with Crippen molar-refractivity contribution in [1.82, 2.24) is 4.90 Å². The molecule has 1 N–H and O–H groups in total. The predicted molar refractivity (Wildman–Crippen MR) is 81.8 cm³/mol. The van der Waals surface area contributed by atoms with Crippen LogP contribution >= 0.6 is 11.6 Å². The Balaban J connectivity index is 2.87. The molecule has 1 unspecified atom stereocenters. The Labute approximate surface area is 125 Å². The van der Waals surface area contributed by atoms with Crippen molar-refractivity contribution < 1.29 is 9.90 Å². The Morgan fingerprint density at radius 2 is 2.20 bits per heavy atom. The van der Waals surface area contributed by atoms with Gasteiger partial charge in [0.1, 0.15) is 6.61 Å². The predicted octanol–water partition coefficient (Wildman–Crippen LogP) is 2.80. The van der Waals surface area contributed by atoms with Crippen molar-refractivity contribution in [3.8, 4) is 11.8 Å². The minimum absolute atomic E-state index is 0.0473. The van der Waals surface area contributed by atoms with Crippen molar-refractivity contribution in [2.45, 2.75) is 20.3 Å². The number of hydrogen-bond acceptors (Lipinski definition) is 2. The van der Waals surface area contributed by atoms with Gasteiger partial charge in [0.25, 0.3) is 5.91 Å². The third-order valence-electron chi connectivity index (χ3n) is 3.15. The normalized spacial score (nSPS) is 11.4. The van der Waals surface area contributed by atoms with Crippen LogP contribution in [0.25, 0.3) is 0 Å². The Hall–Kier alpha value is -1.50. The molecule has 0 aliphatic heterocycles. The maximum Gasteiger partial charge on any atom is 0.253 e. The molecule has 0 aromatic heterocycles. The topological polar surface area (TPSA) is 40.5 Å². The molecule has 0 aliphatic carbocycles. The highest BCUT2D eigenvalue weighted by Crippen LogP contribution is 2.18. The number of amides is 1. The van der Waals surface area contributed by atoms with Crippen LogP contribution < -0.4 is 0 Å². The molecule has 0 fully saturated rings. The first-order valence-electron chi connectivity index (χ1n) is 6.64. The lowest BCUT2D eigenvalue weighted by Gasteiger charge is -2.21. The van der Waals surface area contributed by atoms with E-state index in [1.165, 1.54) is 0 Å². The zero-order valence-electron chi connectivity index (χ0n) is 12.1. The zero-order chi connectivity index (χ0) is 15.1. The number of halogens is 1. The minimum atomic E-state index is -0.214. The van der Waals surface area contributed by atoms with Gasteiger partial charge in [-0.2, -0.15) is 0 Å². The van der Waals surface area contributed by atoms with Crippen molar-refractivity contribution >= 4 is 17.5 Å². The summed E-state index contributed by atoms with van der Waals surface area (Å²) in [5, 5.41) is 9.09. The van der Waals surface area contributed by atoms with Crippen molar-refractivity contribution in [1.29, 1.82) is 0 Å². The zero-order valence-corrected chi connectivity index (χ0v) is 12.9. The maximum absolute atomic E-state index is 12.3. The van der Waals surface area contributed by atoms with E-state index in [4.69, 9.17) is 16.7 Å². The number of carbonyl (C=O) groups is 1. The van der Waals surface area contributed by atoms with Crippen LogP contribution in [-0.4, -0.2) is 36.1 Å². The summed E-state index contributed by atoms with van der Waals surface area (Å²) >= 11 is 6.09. The molecule has 0 heterocycles. The molecule has 3 nitrogen and oxygen atoms in total. The lowest BCUT2D eigenvalue weighted by molar-refractivity contribution is 0.0775. The largest absolute Gasteiger partial charge is 0.384 e. The quantitative estimate of drug-likeness (QED) is 0.867. The number of aliphatic hydroxyl groups excluding tert-OH is 1. The highest BCUT2D eigenvalue weighted by atomic mass is 35.5. The second kappa shape index (κ2) is 7.94. The Kier molecular flexibility index (Phi) is 6.57. The molecule has 4 heteroatoms. The summed E-state index contributed by atoms with van der Waals surface area (Å²) in [5.41, 5.74) is 1.16. The van der Waals surface area contributed by atoms with Gasteiger partial charge in [0.15, 0.2) is 0 Å². The lowest BCUT2D eigenvalue weighted by atomic mass is 10.1. The van der Waals surface area contributed by atoms with Gasteiger partial charge in [-0.05, 0) is 24.1 Å². The molecule has 1 amide bonds. The van der Waals surface area contributed by atoms with Gasteiger partial charge in [-0.25, -0.2) is 0 Å². The molecular formula is C16H20ClNO2. The van der Waals surface area contributed by atoms with Crippen LogP contribution in [0.5, 0.6) is 0 Å². The molecule has 0 radical (unpaired) electrons. The molecule has 0 bridgehead atoms. The minimum Gasteiger partial charge on any atom is -0.384 e. The third-order valence-corrected chi connectivity index (χ3v) is 3.46. The molecule has 1 atom stereocenters. The Bertz CT molecular complexity index is 531. The third kappa shape index (κ3) is 4.56. The van der Waals surface area contributed by atoms with Gasteiger partial charge in [0, 0.05) is 24.7 Å². The summed E-state index contributed by atoms with van der Waals surface area (Å²) in [7, 11) is 1.79. The SMILES string of the molecule is CCC(C)CN(C)C(=O)c1ccc(C#CCO)c(Cl)c1. The number of benzene rings is 1. The van der Waals surface area contributed by atoms with Crippen molar-refractivity contribution in [2.75, 3.05) is 20.2 Å². The fourth-order valence-corrected chi connectivity index (χ4v) is 2.01. The van der Waals surface area contributed by atoms with Gasteiger partial charge in [0.2, 0.25) is 0 Å². The highest BCUT2D eigenvalue weighted by molar-refractivity contribution is 6.32. The average molecular weight is 294 g/mol. The van der Waals surface area contributed by atoms with Crippen LogP contribution in [-0.2, 0) is 0 Å². The van der Waals surface area contributed by atoms with Crippen LogP contribution in [0.4, 0.5) is 0 Å². The van der Waals surface area contributed by atoms with Gasteiger partial charge >= 0.3 is 0 Å². The van der Waals surface area contributed by atoms with Crippen LogP contribution in [0.1, 0.15) is 36.2 Å². The van der Waals surface area contributed by atoms with Crippen molar-refractivity contribution in [3.05, 3.63) is 34.3 Å². The van der Waals surface area contributed by atoms with E-state index in [0.717, 1.165) is 13.0 Å². The van der Waals surface area contributed by atoms with Gasteiger partial charge < -0.3 is 10.0 Å². The number of aliphatic hydroxyl groups is 1. The summed E-state index contributed by atoms with van der Waals surface area (Å²) in [4.78, 5) is 14.0. The van der Waals surface area contributed by atoms with Crippen LogP contribution in [0.3, 0.4) is 0 Å². The molecule has 1 aromatic carbocycles. The number of hydrogen-bond donors (Lipinski definition) is 1. The molecule has 0 saturated heterocycles. The summed E-state index contributed by atoms with van der Waals surface area (Å²) in [6.07, 6.45) is 1.04. The number of carbonyl (C=O) groups excluding carboxylic acids is 1. The number of rotatable bonds is 4. The second-order valence-corrected chi connectivity index (χ2v) is 5.26. The van der Waals surface area contributed by atoms with Gasteiger partial charge in [-0.1, -0.05) is 43.7 Å². The Morgan fingerprint density at radius 3 is 2.75 bits per heavy atom. The van der Waals surface area contributed by atoms with Crippen LogP contribution in [0, 0.1) is 17.8 Å². The monoisotopic (exact) mass is 293 g/mol. The first-order valence-corrected chi connectivity index (χ1v) is 7.02. The van der Waals surface area contributed by atoms with E-state index in [2.05, 4.69) is 25.7 Å². The summed E-state index contributed by atoms with van der Waals surface area (Å²) < 4.78 is 0. The van der Waals surface area contributed by atoms with E-state index in [-0.39, 0.29) is 12.5 Å². The average Bonchev–Trinajstić information content (AvgIpc) is 2.44. The molecule has 0 saturated carbocycles. The van der Waals surface area contributed by atoms with E-state index in [0.29, 0.717) is 22.1 Å². The van der Waals surface area contributed by atoms with Crippen LogP contribution in [0.15, 0.2) is 18.2 Å². The molecule has 0 aliphatic rings. The lowest BCUT2D eigenvalue weighted by Crippen LogP contribution is -2.30. The van der Waals surface area contributed by atoms with E-state index < -0.39 is 0 Å². The van der Waals surface area contributed by atoms with Gasteiger partial charge in [-0.15, -0.1) is 0 Å². The van der Waals surface area contributed by atoms with E-state index in [1.807, 2.05) is 0 Å². The van der Waals surface area contributed by atoms with E-state index >= 15 is 0 Å². The van der Waals surface area contributed by atoms with Crippen LogP contribution in [0.2, 0.25) is 5.02 Å². The second-order valence-electron chi connectivity index (χ2n) is 4.85. The van der Waals surface area contributed by atoms with E-state index in [9.17, 15) is 4.79 Å². The molecular weight excluding hydrogens is 274 g/mol. The Morgan fingerprint density at radius 1 is 1.50 bits per heavy atom. The summed E-state index contributed by atoms with van der Waals surface area (Å²) in [6, 6.07) is 5.04. The van der Waals surface area contributed by atoms with Crippen molar-refractivity contribution in [3.63, 3.8) is 0 Å². The molecule has 20 heavy (non-hydrogen) atoms. The smallest absolute Gasteiger partial charge is 0.253 e. The molecule has 108 valence electrons.